The number of amides is 1. The van der Waals surface area contributed by atoms with Gasteiger partial charge in [-0.3, -0.25) is 4.79 Å². The topological polar surface area (TPSA) is 46.3 Å². The lowest BCUT2D eigenvalue weighted by atomic mass is 10.0. The van der Waals surface area contributed by atoms with Gasteiger partial charge in [-0.1, -0.05) is 0 Å². The molecule has 3 saturated carbocycles. The summed E-state index contributed by atoms with van der Waals surface area (Å²) in [6.07, 6.45) is 1.28. The van der Waals surface area contributed by atoms with Crippen LogP contribution in [0.3, 0.4) is 0 Å². The third-order valence-electron chi connectivity index (χ3n) is 5.09. The highest BCUT2D eigenvalue weighted by Gasteiger charge is 2.67. The van der Waals surface area contributed by atoms with Gasteiger partial charge in [-0.25, -0.2) is 8.78 Å². The summed E-state index contributed by atoms with van der Waals surface area (Å²) in [6.45, 7) is 0.0587. The van der Waals surface area contributed by atoms with E-state index in [4.69, 9.17) is 5.73 Å². The molecule has 0 saturated heterocycles. The molecule has 3 aliphatic rings. The van der Waals surface area contributed by atoms with Crippen molar-refractivity contribution in [1.82, 2.24) is 4.90 Å². The minimum atomic E-state index is -2.46. The Hall–Kier alpha value is -0.710. The maximum absolute atomic E-state index is 12.5. The molecule has 4 unspecified atom stereocenters. The van der Waals surface area contributed by atoms with Crippen LogP contribution < -0.4 is 5.73 Å². The summed E-state index contributed by atoms with van der Waals surface area (Å²) in [4.78, 5) is 13.6. The molecule has 0 heterocycles. The van der Waals surface area contributed by atoms with E-state index in [1.165, 1.54) is 24.2 Å². The molecule has 3 aliphatic carbocycles. The Labute approximate surface area is 106 Å². The molecule has 0 aromatic heterocycles. The summed E-state index contributed by atoms with van der Waals surface area (Å²) < 4.78 is 24.9. The van der Waals surface area contributed by atoms with Gasteiger partial charge >= 0.3 is 0 Å². The minimum Gasteiger partial charge on any atom is -0.335 e. The first-order valence-corrected chi connectivity index (χ1v) is 6.90. The maximum Gasteiger partial charge on any atom is 0.255 e. The van der Waals surface area contributed by atoms with Crippen molar-refractivity contribution in [2.45, 2.75) is 25.7 Å². The molecule has 3 fully saturated rings. The standard InChI is InChI=1S/C13H20F2N2O/c14-9(15)6-17(4-3-16)13(18)12-10-7-1-2-8(5-7)11(10)12/h7-12H,1-6,16H2. The number of fused-ring (bicyclic) bond motifs is 5. The second kappa shape index (κ2) is 4.44. The van der Waals surface area contributed by atoms with Crippen molar-refractivity contribution >= 4 is 5.91 Å². The predicted octanol–water partition coefficient (Wildman–Crippen LogP) is 1.33. The first kappa shape index (κ1) is 12.3. The molecular formula is C13H20F2N2O. The van der Waals surface area contributed by atoms with Gasteiger partial charge in [-0.2, -0.15) is 0 Å². The molecule has 102 valence electrons. The van der Waals surface area contributed by atoms with E-state index >= 15 is 0 Å². The van der Waals surface area contributed by atoms with E-state index in [1.54, 1.807) is 0 Å². The van der Waals surface area contributed by atoms with Crippen LogP contribution in [-0.2, 0) is 4.79 Å². The molecule has 2 bridgehead atoms. The van der Waals surface area contributed by atoms with E-state index in [-0.39, 0.29) is 24.9 Å². The SMILES string of the molecule is NCCN(CC(F)F)C(=O)C1C2C3CCC(C3)C12. The Morgan fingerprint density at radius 2 is 1.89 bits per heavy atom. The molecule has 0 radical (unpaired) electrons. The van der Waals surface area contributed by atoms with Gasteiger partial charge in [0.25, 0.3) is 6.43 Å². The summed E-state index contributed by atoms with van der Waals surface area (Å²) in [7, 11) is 0. The van der Waals surface area contributed by atoms with Gasteiger partial charge in [0.05, 0.1) is 6.54 Å². The zero-order valence-corrected chi connectivity index (χ0v) is 10.4. The summed E-state index contributed by atoms with van der Waals surface area (Å²) >= 11 is 0. The van der Waals surface area contributed by atoms with Gasteiger partial charge in [0, 0.05) is 19.0 Å². The lowest BCUT2D eigenvalue weighted by molar-refractivity contribution is -0.135. The second-order valence-electron chi connectivity index (χ2n) is 5.98. The lowest BCUT2D eigenvalue weighted by Crippen LogP contribution is -2.40. The Morgan fingerprint density at radius 1 is 1.28 bits per heavy atom. The quantitative estimate of drug-likeness (QED) is 0.808. The number of hydrogen-bond acceptors (Lipinski definition) is 2. The fourth-order valence-electron chi connectivity index (χ4n) is 4.48. The zero-order valence-electron chi connectivity index (χ0n) is 10.4. The highest BCUT2D eigenvalue weighted by molar-refractivity contribution is 5.83. The fraction of sp³-hybridized carbons (Fsp3) is 0.923. The lowest BCUT2D eigenvalue weighted by Gasteiger charge is -2.23. The molecule has 0 aromatic rings. The number of carbonyl (C=O) groups is 1. The van der Waals surface area contributed by atoms with Crippen LogP contribution in [0.4, 0.5) is 8.78 Å². The predicted molar refractivity (Wildman–Crippen MR) is 62.9 cm³/mol. The molecule has 0 aliphatic heterocycles. The number of halogens is 2. The van der Waals surface area contributed by atoms with E-state index in [0.717, 1.165) is 0 Å². The number of rotatable bonds is 5. The monoisotopic (exact) mass is 258 g/mol. The Kier molecular flexibility index (Phi) is 3.04. The average Bonchev–Trinajstić information content (AvgIpc) is 2.75. The first-order valence-electron chi connectivity index (χ1n) is 6.90. The number of nitrogens with zero attached hydrogens (tertiary/aromatic N) is 1. The summed E-state index contributed by atoms with van der Waals surface area (Å²) in [6, 6.07) is 0. The number of nitrogens with two attached hydrogens (primary N) is 1. The third-order valence-corrected chi connectivity index (χ3v) is 5.09. The molecule has 5 heteroatoms. The van der Waals surface area contributed by atoms with Crippen molar-refractivity contribution in [3.8, 4) is 0 Å². The van der Waals surface area contributed by atoms with Crippen LogP contribution in [0.15, 0.2) is 0 Å². The fourth-order valence-corrected chi connectivity index (χ4v) is 4.48. The van der Waals surface area contributed by atoms with Crippen LogP contribution >= 0.6 is 0 Å². The van der Waals surface area contributed by atoms with Crippen LogP contribution in [0.1, 0.15) is 19.3 Å². The van der Waals surface area contributed by atoms with Gasteiger partial charge in [0.15, 0.2) is 0 Å². The molecule has 1 amide bonds. The molecule has 0 spiro atoms. The van der Waals surface area contributed by atoms with Gasteiger partial charge in [0.2, 0.25) is 5.91 Å². The van der Waals surface area contributed by atoms with Crippen molar-refractivity contribution < 1.29 is 13.6 Å². The molecule has 2 N–H and O–H groups in total. The molecule has 4 atom stereocenters. The van der Waals surface area contributed by atoms with E-state index in [1.807, 2.05) is 0 Å². The van der Waals surface area contributed by atoms with Crippen LogP contribution in [0.25, 0.3) is 0 Å². The average molecular weight is 258 g/mol. The number of carbonyl (C=O) groups excluding carboxylic acids is 1. The minimum absolute atomic E-state index is 0.0431. The van der Waals surface area contributed by atoms with Gasteiger partial charge in [-0.05, 0) is 42.9 Å². The van der Waals surface area contributed by atoms with Crippen molar-refractivity contribution in [3.63, 3.8) is 0 Å². The van der Waals surface area contributed by atoms with E-state index in [0.29, 0.717) is 23.7 Å². The van der Waals surface area contributed by atoms with Crippen LogP contribution in [0, 0.1) is 29.6 Å². The normalized spacial score (nSPS) is 40.1. The van der Waals surface area contributed by atoms with Crippen LogP contribution in [0.5, 0.6) is 0 Å². The Morgan fingerprint density at radius 3 is 2.39 bits per heavy atom. The maximum atomic E-state index is 12.5. The van der Waals surface area contributed by atoms with Crippen molar-refractivity contribution in [2.24, 2.45) is 35.3 Å². The molecule has 3 rings (SSSR count). The summed E-state index contributed by atoms with van der Waals surface area (Å²) in [5, 5.41) is 0. The van der Waals surface area contributed by atoms with E-state index in [9.17, 15) is 13.6 Å². The summed E-state index contributed by atoms with van der Waals surface area (Å²) in [5.41, 5.74) is 5.41. The molecule has 0 aromatic carbocycles. The molecule has 3 nitrogen and oxygen atoms in total. The van der Waals surface area contributed by atoms with E-state index < -0.39 is 13.0 Å². The second-order valence-corrected chi connectivity index (χ2v) is 5.98. The number of hydrogen-bond donors (Lipinski definition) is 1. The number of alkyl halides is 2. The van der Waals surface area contributed by atoms with Crippen molar-refractivity contribution in [1.29, 1.82) is 0 Å². The van der Waals surface area contributed by atoms with E-state index in [2.05, 4.69) is 0 Å². The highest BCUT2D eigenvalue weighted by atomic mass is 19.3. The Bertz CT molecular complexity index is 330. The van der Waals surface area contributed by atoms with Crippen molar-refractivity contribution in [3.05, 3.63) is 0 Å². The van der Waals surface area contributed by atoms with Crippen LogP contribution in [0.2, 0.25) is 0 Å². The van der Waals surface area contributed by atoms with Crippen LogP contribution in [-0.4, -0.2) is 36.9 Å². The van der Waals surface area contributed by atoms with Crippen molar-refractivity contribution in [2.75, 3.05) is 19.6 Å². The Balaban J connectivity index is 1.64. The van der Waals surface area contributed by atoms with Gasteiger partial charge < -0.3 is 10.6 Å². The smallest absolute Gasteiger partial charge is 0.255 e. The summed E-state index contributed by atoms with van der Waals surface area (Å²) in [5.74, 6) is 2.39. The third kappa shape index (κ3) is 1.83. The molecule has 18 heavy (non-hydrogen) atoms. The largest absolute Gasteiger partial charge is 0.335 e. The van der Waals surface area contributed by atoms with Gasteiger partial charge in [-0.15, -0.1) is 0 Å². The zero-order chi connectivity index (χ0) is 12.9. The highest BCUT2D eigenvalue weighted by Crippen LogP contribution is 2.69. The first-order chi connectivity index (χ1) is 8.63. The molecular weight excluding hydrogens is 238 g/mol. The van der Waals surface area contributed by atoms with Gasteiger partial charge in [0.1, 0.15) is 0 Å².